The molecule has 5 nitrogen and oxygen atoms in total. The van der Waals surface area contributed by atoms with Crippen molar-refractivity contribution in [1.29, 1.82) is 0 Å². The third-order valence-corrected chi connectivity index (χ3v) is 4.68. The fourth-order valence-corrected chi connectivity index (χ4v) is 2.87. The van der Waals surface area contributed by atoms with E-state index in [1.807, 2.05) is 19.1 Å². The standard InChI is InChI=1S/C21H21ClN2O3/c1-13-2-4-14(5-3-13)19(25)10-11-20(26)23-16-8-9-17(18(22)12-16)21(27)24-15-6-7-15/h2-5,8-9,12,15H,6-7,10-11H2,1H3,(H,23,26)(H,24,27). The van der Waals surface area contributed by atoms with Crippen LogP contribution in [-0.2, 0) is 4.79 Å². The van der Waals surface area contributed by atoms with E-state index in [9.17, 15) is 14.4 Å². The molecule has 1 aliphatic rings. The molecule has 0 radical (unpaired) electrons. The molecule has 27 heavy (non-hydrogen) atoms. The number of benzene rings is 2. The highest BCUT2D eigenvalue weighted by molar-refractivity contribution is 6.34. The molecule has 0 bridgehead atoms. The van der Waals surface area contributed by atoms with E-state index < -0.39 is 0 Å². The van der Waals surface area contributed by atoms with Gasteiger partial charge in [-0.2, -0.15) is 0 Å². The minimum atomic E-state index is -0.276. The van der Waals surface area contributed by atoms with E-state index in [2.05, 4.69) is 10.6 Å². The Bertz CT molecular complexity index is 873. The Hall–Kier alpha value is -2.66. The Labute approximate surface area is 163 Å². The molecule has 6 heteroatoms. The van der Waals surface area contributed by atoms with Crippen LogP contribution in [0.25, 0.3) is 0 Å². The summed E-state index contributed by atoms with van der Waals surface area (Å²) >= 11 is 6.17. The molecular weight excluding hydrogens is 364 g/mol. The van der Waals surface area contributed by atoms with Gasteiger partial charge >= 0.3 is 0 Å². The molecule has 0 aliphatic heterocycles. The van der Waals surface area contributed by atoms with Crippen molar-refractivity contribution in [3.63, 3.8) is 0 Å². The van der Waals surface area contributed by atoms with Crippen LogP contribution in [0.5, 0.6) is 0 Å². The van der Waals surface area contributed by atoms with Crippen molar-refractivity contribution in [2.75, 3.05) is 5.32 Å². The molecular formula is C21H21ClN2O3. The molecule has 1 aliphatic carbocycles. The molecule has 0 unspecified atom stereocenters. The average molecular weight is 385 g/mol. The highest BCUT2D eigenvalue weighted by atomic mass is 35.5. The first kappa shape index (κ1) is 19.1. The fraction of sp³-hybridized carbons (Fsp3) is 0.286. The number of nitrogens with one attached hydrogen (secondary N) is 2. The SMILES string of the molecule is Cc1ccc(C(=O)CCC(=O)Nc2ccc(C(=O)NC3CC3)c(Cl)c2)cc1. The normalized spacial score (nSPS) is 13.1. The van der Waals surface area contributed by atoms with E-state index in [1.54, 1.807) is 30.3 Å². The maximum Gasteiger partial charge on any atom is 0.253 e. The summed E-state index contributed by atoms with van der Waals surface area (Å²) in [6.07, 6.45) is 2.20. The van der Waals surface area contributed by atoms with Crippen molar-refractivity contribution >= 4 is 34.9 Å². The zero-order valence-corrected chi connectivity index (χ0v) is 15.8. The lowest BCUT2D eigenvalue weighted by atomic mass is 10.0. The van der Waals surface area contributed by atoms with E-state index in [0.717, 1.165) is 18.4 Å². The summed E-state index contributed by atoms with van der Waals surface area (Å²) in [7, 11) is 0. The summed E-state index contributed by atoms with van der Waals surface area (Å²) in [6, 6.07) is 12.3. The number of ketones is 1. The Kier molecular flexibility index (Phi) is 5.91. The maximum atomic E-state index is 12.1. The number of hydrogen-bond donors (Lipinski definition) is 2. The molecule has 0 atom stereocenters. The monoisotopic (exact) mass is 384 g/mol. The van der Waals surface area contributed by atoms with Crippen molar-refractivity contribution < 1.29 is 14.4 Å². The second-order valence-corrected chi connectivity index (χ2v) is 7.19. The highest BCUT2D eigenvalue weighted by Gasteiger charge is 2.24. The Morgan fingerprint density at radius 1 is 1.04 bits per heavy atom. The summed E-state index contributed by atoms with van der Waals surface area (Å²) in [5.41, 5.74) is 2.56. The average Bonchev–Trinajstić information content (AvgIpc) is 3.44. The van der Waals surface area contributed by atoms with Crippen molar-refractivity contribution in [3.8, 4) is 0 Å². The van der Waals surface area contributed by atoms with Crippen LogP contribution in [0.3, 0.4) is 0 Å². The van der Waals surface area contributed by atoms with Crippen molar-refractivity contribution in [2.24, 2.45) is 0 Å². The van der Waals surface area contributed by atoms with Gasteiger partial charge in [-0.15, -0.1) is 0 Å². The molecule has 3 rings (SSSR count). The van der Waals surface area contributed by atoms with Crippen molar-refractivity contribution in [2.45, 2.75) is 38.6 Å². The molecule has 140 valence electrons. The number of amides is 2. The van der Waals surface area contributed by atoms with E-state index in [-0.39, 0.29) is 41.5 Å². The number of Topliss-reactive ketones (excluding diaryl/α,β-unsaturated/α-hetero) is 1. The Morgan fingerprint density at radius 3 is 2.37 bits per heavy atom. The molecule has 2 aromatic rings. The van der Waals surface area contributed by atoms with E-state index in [1.165, 1.54) is 0 Å². The number of hydrogen-bond acceptors (Lipinski definition) is 3. The molecule has 0 saturated heterocycles. The summed E-state index contributed by atoms with van der Waals surface area (Å²) in [5.74, 6) is -0.555. The van der Waals surface area contributed by atoms with Gasteiger partial charge in [0.15, 0.2) is 5.78 Å². The summed E-state index contributed by atoms with van der Waals surface area (Å²) in [5, 5.41) is 5.86. The van der Waals surface area contributed by atoms with Gasteiger partial charge in [0.2, 0.25) is 5.91 Å². The first-order valence-electron chi connectivity index (χ1n) is 8.92. The molecule has 0 heterocycles. The number of carbonyl (C=O) groups is 3. The second-order valence-electron chi connectivity index (χ2n) is 6.78. The second kappa shape index (κ2) is 8.35. The van der Waals surface area contributed by atoms with Gasteiger partial charge in [0, 0.05) is 30.1 Å². The van der Waals surface area contributed by atoms with Gasteiger partial charge < -0.3 is 10.6 Å². The van der Waals surface area contributed by atoms with Crippen molar-refractivity contribution in [3.05, 3.63) is 64.2 Å². The zero-order chi connectivity index (χ0) is 19.4. The topological polar surface area (TPSA) is 75.3 Å². The highest BCUT2D eigenvalue weighted by Crippen LogP contribution is 2.24. The van der Waals surface area contributed by atoms with Gasteiger partial charge in [0.25, 0.3) is 5.91 Å². The predicted molar refractivity (Wildman–Crippen MR) is 105 cm³/mol. The van der Waals surface area contributed by atoms with E-state index >= 15 is 0 Å². The quantitative estimate of drug-likeness (QED) is 0.704. The van der Waals surface area contributed by atoms with Gasteiger partial charge in [-0.25, -0.2) is 0 Å². The van der Waals surface area contributed by atoms with Gasteiger partial charge in [-0.1, -0.05) is 41.4 Å². The number of halogens is 1. The molecule has 2 N–H and O–H groups in total. The maximum absolute atomic E-state index is 12.1. The lowest BCUT2D eigenvalue weighted by molar-refractivity contribution is -0.116. The molecule has 1 saturated carbocycles. The minimum absolute atomic E-state index is 0.0738. The lowest BCUT2D eigenvalue weighted by Gasteiger charge is -2.09. The third kappa shape index (κ3) is 5.41. The Morgan fingerprint density at radius 2 is 1.74 bits per heavy atom. The van der Waals surface area contributed by atoms with Gasteiger partial charge in [0.05, 0.1) is 10.6 Å². The van der Waals surface area contributed by atoms with Crippen LogP contribution >= 0.6 is 11.6 Å². The lowest BCUT2D eigenvalue weighted by Crippen LogP contribution is -2.25. The van der Waals surface area contributed by atoms with E-state index in [4.69, 9.17) is 11.6 Å². The first-order valence-corrected chi connectivity index (χ1v) is 9.30. The number of carbonyl (C=O) groups excluding carboxylic acids is 3. The van der Waals surface area contributed by atoms with Crippen LogP contribution in [0.4, 0.5) is 5.69 Å². The first-order chi connectivity index (χ1) is 12.9. The van der Waals surface area contributed by atoms with Gasteiger partial charge in [-0.3, -0.25) is 14.4 Å². The minimum Gasteiger partial charge on any atom is -0.349 e. The van der Waals surface area contributed by atoms with Crippen molar-refractivity contribution in [1.82, 2.24) is 5.32 Å². The van der Waals surface area contributed by atoms with Crippen LogP contribution in [0.15, 0.2) is 42.5 Å². The largest absolute Gasteiger partial charge is 0.349 e. The number of rotatable bonds is 7. The summed E-state index contributed by atoms with van der Waals surface area (Å²) in [6.45, 7) is 1.95. The number of aryl methyl sites for hydroxylation is 1. The number of anilines is 1. The molecule has 2 aromatic carbocycles. The Balaban J connectivity index is 1.52. The van der Waals surface area contributed by atoms with E-state index in [0.29, 0.717) is 16.8 Å². The van der Waals surface area contributed by atoms with Crippen LogP contribution in [0.2, 0.25) is 5.02 Å². The van der Waals surface area contributed by atoms with Crippen LogP contribution < -0.4 is 10.6 Å². The van der Waals surface area contributed by atoms with Crippen LogP contribution in [-0.4, -0.2) is 23.6 Å². The van der Waals surface area contributed by atoms with Gasteiger partial charge in [0.1, 0.15) is 0 Å². The zero-order valence-electron chi connectivity index (χ0n) is 15.0. The van der Waals surface area contributed by atoms with Crippen LogP contribution in [0.1, 0.15) is 52.0 Å². The molecule has 1 fully saturated rings. The summed E-state index contributed by atoms with van der Waals surface area (Å²) < 4.78 is 0. The van der Waals surface area contributed by atoms with Crippen LogP contribution in [0, 0.1) is 6.92 Å². The molecule has 0 aromatic heterocycles. The van der Waals surface area contributed by atoms with Gasteiger partial charge in [-0.05, 0) is 38.0 Å². The smallest absolute Gasteiger partial charge is 0.253 e. The summed E-state index contributed by atoms with van der Waals surface area (Å²) in [4.78, 5) is 36.3. The molecule has 0 spiro atoms. The third-order valence-electron chi connectivity index (χ3n) is 4.36. The predicted octanol–water partition coefficient (Wildman–Crippen LogP) is 4.14. The fourth-order valence-electron chi connectivity index (χ4n) is 2.60. The molecule has 2 amide bonds.